The van der Waals surface area contributed by atoms with Crippen LogP contribution in [-0.2, 0) is 30.9 Å². The molecule has 0 N–H and O–H groups in total. The molecule has 2 heterocycles. The largest absolute Gasteiger partial charge is 0.744 e. The fraction of sp³-hybridized carbons (Fsp3) is 0.750. The molecule has 0 radical (unpaired) electrons. The summed E-state index contributed by atoms with van der Waals surface area (Å²) >= 11 is 1.75. The first-order chi connectivity index (χ1) is 21.9. The summed E-state index contributed by atoms with van der Waals surface area (Å²) in [7, 11) is -4.27. The molecule has 258 valence electrons. The van der Waals surface area contributed by atoms with Crippen molar-refractivity contribution in [3.05, 3.63) is 46.9 Å². The van der Waals surface area contributed by atoms with Crippen LogP contribution in [0.5, 0.6) is 0 Å². The van der Waals surface area contributed by atoms with Crippen LogP contribution >= 0.6 is 11.3 Å². The van der Waals surface area contributed by atoms with Crippen LogP contribution in [0, 0.1) is 6.92 Å². The predicted molar refractivity (Wildman–Crippen MR) is 182 cm³/mol. The zero-order valence-corrected chi connectivity index (χ0v) is 29.8. The second-order valence-electron chi connectivity index (χ2n) is 12.4. The van der Waals surface area contributed by atoms with Gasteiger partial charge in [0.15, 0.2) is 12.5 Å². The van der Waals surface area contributed by atoms with Crippen molar-refractivity contribution >= 4 is 21.5 Å². The molecule has 3 rings (SSSR count). The van der Waals surface area contributed by atoms with Crippen molar-refractivity contribution in [2.24, 2.45) is 0 Å². The van der Waals surface area contributed by atoms with Gasteiger partial charge in [0.05, 0.1) is 23.5 Å². The number of thiazole rings is 1. The summed E-state index contributed by atoms with van der Waals surface area (Å²) in [6, 6.07) is 5.78. The zero-order valence-electron chi connectivity index (χ0n) is 28.2. The molecule has 0 bridgehead atoms. The lowest BCUT2D eigenvalue weighted by atomic mass is 10.0. The highest BCUT2D eigenvalue weighted by Crippen LogP contribution is 2.19. The van der Waals surface area contributed by atoms with Gasteiger partial charge in [0.25, 0.3) is 0 Å². The fourth-order valence-electron chi connectivity index (χ4n) is 5.41. The second kappa shape index (κ2) is 25.7. The predicted octanol–water partition coefficient (Wildman–Crippen LogP) is 9.12. The van der Waals surface area contributed by atoms with Crippen molar-refractivity contribution in [1.82, 2.24) is 0 Å². The Labute approximate surface area is 278 Å². The molecule has 1 aromatic carbocycles. The van der Waals surface area contributed by atoms with Gasteiger partial charge in [-0.1, -0.05) is 126 Å². The molecule has 2 atom stereocenters. The molecule has 1 saturated heterocycles. The van der Waals surface area contributed by atoms with E-state index in [1.165, 1.54) is 121 Å². The topological polar surface area (TPSA) is 88.8 Å². The van der Waals surface area contributed by atoms with Crippen LogP contribution in [0.4, 0.5) is 0 Å². The Morgan fingerprint density at radius 3 is 1.98 bits per heavy atom. The Balaban J connectivity index is 0.000000537. The molecule has 9 heteroatoms. The maximum absolute atomic E-state index is 10.4. The van der Waals surface area contributed by atoms with E-state index in [0.29, 0.717) is 13.2 Å². The van der Waals surface area contributed by atoms with Gasteiger partial charge >= 0.3 is 0 Å². The highest BCUT2D eigenvalue weighted by atomic mass is 32.2. The molecule has 1 fully saturated rings. The molecule has 0 saturated carbocycles. The number of aryl methyl sites for hydroxylation is 2. The number of nitrogens with zero attached hydrogens (tertiary/aromatic N) is 1. The van der Waals surface area contributed by atoms with E-state index in [1.54, 1.807) is 23.5 Å². The third-order valence-corrected chi connectivity index (χ3v) is 9.72. The Bertz CT molecular complexity index is 1050. The van der Waals surface area contributed by atoms with E-state index in [9.17, 15) is 13.0 Å². The Morgan fingerprint density at radius 1 is 0.844 bits per heavy atom. The summed E-state index contributed by atoms with van der Waals surface area (Å²) in [5.74, 6) is 0. The van der Waals surface area contributed by atoms with Gasteiger partial charge in [-0.3, -0.25) is 0 Å². The van der Waals surface area contributed by atoms with Crippen LogP contribution in [0.1, 0.15) is 134 Å². The smallest absolute Gasteiger partial charge is 0.224 e. The van der Waals surface area contributed by atoms with Crippen molar-refractivity contribution in [1.29, 1.82) is 0 Å². The summed E-state index contributed by atoms with van der Waals surface area (Å²) in [6.45, 7) is 7.43. The lowest BCUT2D eigenvalue weighted by molar-refractivity contribution is -0.692. The number of hydrogen-bond acceptors (Lipinski definition) is 7. The highest BCUT2D eigenvalue weighted by molar-refractivity contribution is 7.85. The first-order valence-corrected chi connectivity index (χ1v) is 20.0. The molecule has 1 aliphatic heterocycles. The number of aromatic nitrogens is 1. The highest BCUT2D eigenvalue weighted by Gasteiger charge is 2.25. The standard InChI is InChI=1S/C29H54NO3S.C7H8O3S/c1-2-3-4-5-6-7-8-9-10-11-12-13-14-15-17-20-29-32-26-28(33-29)25-31-23-19-16-18-21-30-22-24-34-27-30;1-6-2-4-7(5-3-6)11(8,9)10/h22,24,27-29H,2-21,23,25-26H2,1H3;2-5H,1H3,(H,8,9,10)/q+1;/p-1/t28-,29-;/m0./s1. The number of hydrogen-bond donors (Lipinski definition) is 0. The minimum Gasteiger partial charge on any atom is -0.744 e. The van der Waals surface area contributed by atoms with Crippen LogP contribution in [0.2, 0.25) is 0 Å². The Morgan fingerprint density at radius 2 is 1.42 bits per heavy atom. The molecule has 2 aromatic rings. The maximum atomic E-state index is 10.4. The summed E-state index contributed by atoms with van der Waals surface area (Å²) in [5, 5.41) is 2.13. The monoisotopic (exact) mass is 667 g/mol. The van der Waals surface area contributed by atoms with Gasteiger partial charge in [-0.25, -0.2) is 8.42 Å². The average molecular weight is 668 g/mol. The first kappa shape index (κ1) is 39.8. The van der Waals surface area contributed by atoms with Crippen molar-refractivity contribution in [2.75, 3.05) is 19.8 Å². The molecular weight excluding hydrogens is 607 g/mol. The summed E-state index contributed by atoms with van der Waals surface area (Å²) in [4.78, 5) is -0.178. The van der Waals surface area contributed by atoms with Crippen LogP contribution in [0.15, 0.2) is 46.2 Å². The molecule has 1 aromatic heterocycles. The van der Waals surface area contributed by atoms with Gasteiger partial charge in [-0.2, -0.15) is 4.57 Å². The molecule has 0 unspecified atom stereocenters. The van der Waals surface area contributed by atoms with E-state index in [1.807, 2.05) is 6.92 Å². The Kier molecular flexibility index (Phi) is 22.7. The minimum atomic E-state index is -4.27. The van der Waals surface area contributed by atoms with E-state index in [2.05, 4.69) is 28.6 Å². The van der Waals surface area contributed by atoms with Crippen molar-refractivity contribution in [3.8, 4) is 0 Å². The van der Waals surface area contributed by atoms with Crippen molar-refractivity contribution < 1.29 is 31.7 Å². The maximum Gasteiger partial charge on any atom is 0.224 e. The van der Waals surface area contributed by atoms with Gasteiger partial charge in [0.1, 0.15) is 22.8 Å². The molecule has 45 heavy (non-hydrogen) atoms. The fourth-order valence-corrected chi connectivity index (χ4v) is 6.51. The SMILES string of the molecule is CCCCCCCCCCCCCCCCC[C@H]1OC[C@H](COCCCCC[n+]2ccsc2)O1.Cc1ccc(S(=O)(=O)[O-])cc1. The van der Waals surface area contributed by atoms with Gasteiger partial charge in [0, 0.05) is 13.0 Å². The van der Waals surface area contributed by atoms with E-state index in [-0.39, 0.29) is 17.3 Å². The van der Waals surface area contributed by atoms with Crippen molar-refractivity contribution in [3.63, 3.8) is 0 Å². The van der Waals surface area contributed by atoms with Crippen molar-refractivity contribution in [2.45, 2.75) is 160 Å². The molecule has 0 amide bonds. The number of unbranched alkanes of at least 4 members (excludes halogenated alkanes) is 16. The van der Waals surface area contributed by atoms with Crippen LogP contribution in [0.25, 0.3) is 0 Å². The van der Waals surface area contributed by atoms with E-state index < -0.39 is 10.1 Å². The van der Waals surface area contributed by atoms with Gasteiger partial charge in [0.2, 0.25) is 5.51 Å². The molecule has 7 nitrogen and oxygen atoms in total. The minimum absolute atomic E-state index is 0.00166. The van der Waals surface area contributed by atoms with E-state index in [4.69, 9.17) is 14.2 Å². The summed E-state index contributed by atoms with van der Waals surface area (Å²) < 4.78 is 51.1. The normalized spacial score (nSPS) is 16.5. The van der Waals surface area contributed by atoms with Crippen LogP contribution in [-0.4, -0.2) is 45.2 Å². The van der Waals surface area contributed by atoms with Crippen LogP contribution < -0.4 is 4.57 Å². The summed E-state index contributed by atoms with van der Waals surface area (Å²) in [6.07, 6.45) is 27.9. The third-order valence-electron chi connectivity index (χ3n) is 8.20. The Hall–Kier alpha value is -1.36. The molecular formula is C36H61NO6S2. The number of benzene rings is 1. The van der Waals surface area contributed by atoms with E-state index in [0.717, 1.165) is 31.6 Å². The van der Waals surface area contributed by atoms with Crippen LogP contribution in [0.3, 0.4) is 0 Å². The van der Waals surface area contributed by atoms with Gasteiger partial charge in [-0.05, 0) is 44.7 Å². The number of ether oxygens (including phenoxy) is 3. The quantitative estimate of drug-likeness (QED) is 0.0596. The lowest BCUT2D eigenvalue weighted by Crippen LogP contribution is -2.29. The summed E-state index contributed by atoms with van der Waals surface area (Å²) in [5.41, 5.74) is 3.10. The second-order valence-corrected chi connectivity index (χ2v) is 14.6. The van der Waals surface area contributed by atoms with E-state index >= 15 is 0 Å². The molecule has 0 aliphatic carbocycles. The first-order valence-electron chi connectivity index (χ1n) is 17.7. The molecule has 1 aliphatic rings. The average Bonchev–Trinajstić information content (AvgIpc) is 3.71. The van der Waals surface area contributed by atoms with Gasteiger partial charge < -0.3 is 18.8 Å². The van der Waals surface area contributed by atoms with Gasteiger partial charge in [-0.15, -0.1) is 0 Å². The lowest BCUT2D eigenvalue weighted by Gasteiger charge is -2.12. The molecule has 0 spiro atoms. The number of rotatable bonds is 25. The third kappa shape index (κ3) is 21.2. The zero-order chi connectivity index (χ0) is 32.4.